The van der Waals surface area contributed by atoms with Gasteiger partial charge in [-0.2, -0.15) is 0 Å². The van der Waals surface area contributed by atoms with Gasteiger partial charge in [-0.15, -0.1) is 0 Å². The summed E-state index contributed by atoms with van der Waals surface area (Å²) in [6.45, 7) is 3.12. The van der Waals surface area contributed by atoms with E-state index in [1.54, 1.807) is 24.4 Å². The molecule has 2 aliphatic heterocycles. The van der Waals surface area contributed by atoms with E-state index in [4.69, 9.17) is 19.4 Å². The molecule has 2 atom stereocenters. The van der Waals surface area contributed by atoms with Gasteiger partial charge in [0.2, 0.25) is 0 Å². The summed E-state index contributed by atoms with van der Waals surface area (Å²) in [4.78, 5) is 16.3. The van der Waals surface area contributed by atoms with Crippen molar-refractivity contribution < 1.29 is 13.9 Å². The monoisotopic (exact) mass is 451 g/mol. The molecule has 4 heterocycles. The number of pyridine rings is 1. The normalized spacial score (nSPS) is 20.9. The Morgan fingerprint density at radius 1 is 1.30 bits per heavy atom. The van der Waals surface area contributed by atoms with Crippen LogP contribution in [-0.4, -0.2) is 72.4 Å². The zero-order valence-corrected chi connectivity index (χ0v) is 18.9. The van der Waals surface area contributed by atoms with E-state index < -0.39 is 5.82 Å². The maximum Gasteiger partial charge on any atom is 0.174 e. The summed E-state index contributed by atoms with van der Waals surface area (Å²) >= 11 is 0. The number of rotatable bonds is 7. The first kappa shape index (κ1) is 21.8. The molecule has 2 fully saturated rings. The molecule has 2 aromatic heterocycles. The number of methoxy groups -OCH3 is 1. The maximum absolute atomic E-state index is 15.0. The van der Waals surface area contributed by atoms with E-state index in [9.17, 15) is 0 Å². The van der Waals surface area contributed by atoms with Crippen molar-refractivity contribution >= 4 is 22.7 Å². The average molecular weight is 452 g/mol. The largest absolute Gasteiger partial charge is 0.494 e. The molecular weight excluding hydrogens is 423 g/mol. The van der Waals surface area contributed by atoms with Crippen LogP contribution in [0.2, 0.25) is 0 Å². The third kappa shape index (κ3) is 4.56. The lowest BCUT2D eigenvalue weighted by Crippen LogP contribution is -2.31. The molecule has 3 aromatic rings. The van der Waals surface area contributed by atoms with Crippen molar-refractivity contribution in [3.8, 4) is 17.0 Å². The van der Waals surface area contributed by atoms with Gasteiger partial charge in [0.05, 0.1) is 19.4 Å². The van der Waals surface area contributed by atoms with Crippen molar-refractivity contribution in [2.45, 2.75) is 31.3 Å². The number of aromatic nitrogens is 3. The van der Waals surface area contributed by atoms with Crippen molar-refractivity contribution in [2.24, 2.45) is 0 Å². The highest BCUT2D eigenvalue weighted by Crippen LogP contribution is 2.33. The van der Waals surface area contributed by atoms with Gasteiger partial charge in [0.15, 0.2) is 11.6 Å². The molecule has 8 nitrogen and oxygen atoms in total. The number of ether oxygens (including phenoxy) is 2. The first-order valence-electron chi connectivity index (χ1n) is 11.4. The second-order valence-corrected chi connectivity index (χ2v) is 8.59. The number of benzene rings is 1. The molecule has 9 heteroatoms. The maximum atomic E-state index is 15.0. The van der Waals surface area contributed by atoms with E-state index in [-0.39, 0.29) is 11.8 Å². The third-order valence-electron chi connectivity index (χ3n) is 6.39. The topological polar surface area (TPSA) is 86.5 Å². The highest BCUT2D eigenvalue weighted by atomic mass is 19.1. The molecule has 174 valence electrons. The van der Waals surface area contributed by atoms with Gasteiger partial charge in [0.1, 0.15) is 5.82 Å². The highest BCUT2D eigenvalue weighted by Gasteiger charge is 2.21. The fourth-order valence-electron chi connectivity index (χ4n) is 4.46. The van der Waals surface area contributed by atoms with Gasteiger partial charge in [0.25, 0.3) is 0 Å². The molecule has 0 spiro atoms. The lowest BCUT2D eigenvalue weighted by atomic mass is 10.1. The summed E-state index contributed by atoms with van der Waals surface area (Å²) in [5.41, 5.74) is 1.54. The minimum absolute atomic E-state index is 0.0732. The molecule has 0 radical (unpaired) electrons. The van der Waals surface area contributed by atoms with E-state index in [1.165, 1.54) is 13.5 Å². The molecule has 0 aliphatic carbocycles. The first-order chi connectivity index (χ1) is 16.1. The number of hydrogen-bond acceptors (Lipinski definition) is 7. The molecule has 1 aromatic carbocycles. The van der Waals surface area contributed by atoms with Crippen LogP contribution in [0.25, 0.3) is 27.5 Å². The molecule has 0 bridgehead atoms. The third-order valence-corrected chi connectivity index (χ3v) is 6.39. The number of hydrogen-bond donors (Lipinski definition) is 1. The summed E-state index contributed by atoms with van der Waals surface area (Å²) in [7, 11) is 3.59. The van der Waals surface area contributed by atoms with Crippen LogP contribution in [0.5, 0.6) is 5.75 Å². The van der Waals surface area contributed by atoms with E-state index in [2.05, 4.69) is 27.6 Å². The van der Waals surface area contributed by atoms with Crippen molar-refractivity contribution in [1.82, 2.24) is 19.9 Å². The SMILES string of the molecule is COc1cccc(-c2cc3cnc([N-]C4CCOC4)nc3c(NCC3CCCN3C)n2)c1F. The van der Waals surface area contributed by atoms with Gasteiger partial charge in [-0.3, -0.25) is 0 Å². The Balaban J connectivity index is 1.53. The minimum Gasteiger partial charge on any atom is -0.494 e. The van der Waals surface area contributed by atoms with Crippen LogP contribution in [0.3, 0.4) is 0 Å². The summed E-state index contributed by atoms with van der Waals surface area (Å²) in [6, 6.07) is 7.35. The van der Waals surface area contributed by atoms with E-state index >= 15 is 4.39 Å². The predicted octanol–water partition coefficient (Wildman–Crippen LogP) is 4.14. The van der Waals surface area contributed by atoms with Gasteiger partial charge in [-0.25, -0.2) is 9.37 Å². The summed E-state index contributed by atoms with van der Waals surface area (Å²) in [6.07, 6.45) is 4.91. The Hall–Kier alpha value is -3.04. The van der Waals surface area contributed by atoms with Gasteiger partial charge in [-0.1, -0.05) is 6.07 Å². The molecule has 2 saturated heterocycles. The zero-order chi connectivity index (χ0) is 22.8. The minimum atomic E-state index is -0.443. The number of anilines is 1. The Morgan fingerprint density at radius 3 is 2.97 bits per heavy atom. The lowest BCUT2D eigenvalue weighted by molar-refractivity contribution is 0.196. The quantitative estimate of drug-likeness (QED) is 0.578. The average Bonchev–Trinajstić information content (AvgIpc) is 3.49. The van der Waals surface area contributed by atoms with Crippen LogP contribution < -0.4 is 10.1 Å². The molecule has 33 heavy (non-hydrogen) atoms. The van der Waals surface area contributed by atoms with Crippen LogP contribution >= 0.6 is 0 Å². The van der Waals surface area contributed by atoms with E-state index in [0.717, 1.165) is 31.3 Å². The van der Waals surface area contributed by atoms with Crippen LogP contribution in [-0.2, 0) is 4.74 Å². The zero-order valence-electron chi connectivity index (χ0n) is 18.9. The number of nitrogens with one attached hydrogen (secondary N) is 1. The molecular formula is C24H28FN6O2-. The van der Waals surface area contributed by atoms with Gasteiger partial charge in [0, 0.05) is 42.3 Å². The van der Waals surface area contributed by atoms with Gasteiger partial charge >= 0.3 is 0 Å². The Labute approximate surface area is 192 Å². The highest BCUT2D eigenvalue weighted by molar-refractivity contribution is 5.92. The van der Waals surface area contributed by atoms with E-state index in [1.807, 2.05) is 6.07 Å². The molecule has 0 saturated carbocycles. The smallest absolute Gasteiger partial charge is 0.174 e. The molecule has 2 unspecified atom stereocenters. The van der Waals surface area contributed by atoms with Crippen molar-refractivity contribution in [3.63, 3.8) is 0 Å². The summed E-state index contributed by atoms with van der Waals surface area (Å²) in [5.74, 6) is 0.760. The Kier molecular flexibility index (Phi) is 6.24. The fourth-order valence-corrected chi connectivity index (χ4v) is 4.46. The van der Waals surface area contributed by atoms with Crippen molar-refractivity contribution in [2.75, 3.05) is 45.8 Å². The molecule has 0 amide bonds. The molecule has 5 rings (SSSR count). The first-order valence-corrected chi connectivity index (χ1v) is 11.4. The Bertz CT molecular complexity index is 1140. The van der Waals surface area contributed by atoms with Gasteiger partial charge in [-0.05, 0) is 62.6 Å². The second kappa shape index (κ2) is 9.44. The predicted molar refractivity (Wildman–Crippen MR) is 126 cm³/mol. The Morgan fingerprint density at radius 2 is 2.21 bits per heavy atom. The molecule has 1 N–H and O–H groups in total. The number of halogens is 1. The van der Waals surface area contributed by atoms with Crippen LogP contribution in [0.15, 0.2) is 30.5 Å². The van der Waals surface area contributed by atoms with Crippen molar-refractivity contribution in [3.05, 3.63) is 41.6 Å². The van der Waals surface area contributed by atoms with E-state index in [0.29, 0.717) is 47.8 Å². The van der Waals surface area contributed by atoms with Crippen LogP contribution in [0.1, 0.15) is 19.3 Å². The number of nitrogens with zero attached hydrogens (tertiary/aromatic N) is 5. The second-order valence-electron chi connectivity index (χ2n) is 8.59. The van der Waals surface area contributed by atoms with Crippen LogP contribution in [0.4, 0.5) is 16.2 Å². The standard InChI is InChI=1S/C24H28FN6O2/c1-31-9-4-5-17(31)13-26-23-22-15(12-27-24(30-22)28-16-8-10-33-14-16)11-19(29-23)18-6-3-7-20(32-2)21(18)25/h3,6-7,11-12,16-17H,4-5,8-10,13-14H2,1-2H3,(H-,26,27,28,29,30)/q-1. The molecule has 2 aliphatic rings. The summed E-state index contributed by atoms with van der Waals surface area (Å²) < 4.78 is 25.6. The number of likely N-dealkylation sites (tertiary alicyclic amines) is 1. The number of fused-ring (bicyclic) bond motifs is 1. The lowest BCUT2D eigenvalue weighted by Gasteiger charge is -2.22. The number of likely N-dealkylation sites (N-methyl/N-ethyl adjacent to an activating group) is 1. The van der Waals surface area contributed by atoms with Crippen LogP contribution in [0, 0.1) is 5.82 Å². The van der Waals surface area contributed by atoms with Gasteiger partial charge < -0.3 is 35.0 Å². The van der Waals surface area contributed by atoms with Crippen molar-refractivity contribution in [1.29, 1.82) is 0 Å². The fraction of sp³-hybridized carbons (Fsp3) is 0.458. The summed E-state index contributed by atoms with van der Waals surface area (Å²) in [5, 5.41) is 8.87.